The minimum Gasteiger partial charge on any atom is -0.354 e. The van der Waals surface area contributed by atoms with E-state index in [0.717, 1.165) is 31.9 Å². The largest absolute Gasteiger partial charge is 0.354 e. The molecule has 3 heterocycles. The third-order valence-corrected chi connectivity index (χ3v) is 4.13. The maximum absolute atomic E-state index is 4.55. The van der Waals surface area contributed by atoms with Crippen molar-refractivity contribution in [1.29, 1.82) is 0 Å². The van der Waals surface area contributed by atoms with Gasteiger partial charge in [0.15, 0.2) is 0 Å². The smallest absolute Gasteiger partial charge is 0.224 e. The number of thiophene rings is 1. The van der Waals surface area contributed by atoms with Crippen LogP contribution in [0.3, 0.4) is 0 Å². The molecule has 0 unspecified atom stereocenters. The second-order valence-electron chi connectivity index (χ2n) is 4.31. The number of aromatic nitrogens is 2. The topological polar surface area (TPSA) is 41.1 Å². The van der Waals surface area contributed by atoms with E-state index in [0.29, 0.717) is 5.95 Å². The molecule has 5 heteroatoms. The van der Waals surface area contributed by atoms with Gasteiger partial charge in [-0.05, 0) is 36.4 Å². The molecule has 0 bridgehead atoms. The Balaban J connectivity index is 1.81. The van der Waals surface area contributed by atoms with Gasteiger partial charge in [-0.2, -0.15) is 4.98 Å². The summed E-state index contributed by atoms with van der Waals surface area (Å²) in [5, 5.41) is 5.33. The van der Waals surface area contributed by atoms with Crippen molar-refractivity contribution < 1.29 is 0 Å². The number of anilines is 2. The van der Waals surface area contributed by atoms with E-state index in [1.54, 1.807) is 0 Å². The Kier molecular flexibility index (Phi) is 3.15. The Morgan fingerprint density at radius 3 is 3.28 bits per heavy atom. The molecule has 0 saturated carbocycles. The first-order chi connectivity index (χ1) is 8.86. The van der Waals surface area contributed by atoms with Gasteiger partial charge < -0.3 is 10.2 Å². The van der Waals surface area contributed by atoms with Gasteiger partial charge in [-0.15, -0.1) is 11.3 Å². The van der Waals surface area contributed by atoms with Crippen LogP contribution >= 0.6 is 11.3 Å². The van der Waals surface area contributed by atoms with Gasteiger partial charge in [0.25, 0.3) is 0 Å². The molecule has 0 atom stereocenters. The Bertz CT molecular complexity index is 537. The summed E-state index contributed by atoms with van der Waals surface area (Å²) in [5.74, 6) is 1.73. The SMILES string of the molecule is CCNc1nccc(N2CCc3sccc3C2)n1. The van der Waals surface area contributed by atoms with E-state index in [-0.39, 0.29) is 0 Å². The fourth-order valence-electron chi connectivity index (χ4n) is 2.21. The number of hydrogen-bond donors (Lipinski definition) is 1. The van der Waals surface area contributed by atoms with Crippen LogP contribution in [0, 0.1) is 0 Å². The van der Waals surface area contributed by atoms with Crippen LogP contribution in [0.15, 0.2) is 23.7 Å². The van der Waals surface area contributed by atoms with E-state index in [9.17, 15) is 0 Å². The van der Waals surface area contributed by atoms with Crippen LogP contribution in [0.5, 0.6) is 0 Å². The zero-order valence-corrected chi connectivity index (χ0v) is 11.2. The molecule has 1 aliphatic heterocycles. The maximum Gasteiger partial charge on any atom is 0.224 e. The molecule has 0 aliphatic carbocycles. The van der Waals surface area contributed by atoms with Crippen molar-refractivity contribution in [1.82, 2.24) is 9.97 Å². The zero-order chi connectivity index (χ0) is 12.4. The maximum atomic E-state index is 4.55. The van der Waals surface area contributed by atoms with Gasteiger partial charge in [-0.1, -0.05) is 0 Å². The Labute approximate surface area is 111 Å². The molecule has 2 aromatic heterocycles. The summed E-state index contributed by atoms with van der Waals surface area (Å²) in [7, 11) is 0. The lowest BCUT2D eigenvalue weighted by Crippen LogP contribution is -2.30. The third kappa shape index (κ3) is 2.18. The predicted molar refractivity (Wildman–Crippen MR) is 75.3 cm³/mol. The lowest BCUT2D eigenvalue weighted by molar-refractivity contribution is 0.730. The van der Waals surface area contributed by atoms with E-state index >= 15 is 0 Å². The average Bonchev–Trinajstić information content (AvgIpc) is 2.86. The summed E-state index contributed by atoms with van der Waals surface area (Å²) in [6, 6.07) is 4.21. The standard InChI is InChI=1S/C13H16N4S/c1-2-14-13-15-6-3-12(16-13)17-7-4-11-10(9-17)5-8-18-11/h3,5-6,8H,2,4,7,9H2,1H3,(H,14,15,16). The highest BCUT2D eigenvalue weighted by Crippen LogP contribution is 2.26. The summed E-state index contributed by atoms with van der Waals surface area (Å²) >= 11 is 1.86. The molecule has 3 rings (SSSR count). The van der Waals surface area contributed by atoms with Crippen LogP contribution < -0.4 is 10.2 Å². The van der Waals surface area contributed by atoms with E-state index < -0.39 is 0 Å². The Morgan fingerprint density at radius 2 is 2.39 bits per heavy atom. The van der Waals surface area contributed by atoms with Crippen LogP contribution in [0.1, 0.15) is 17.4 Å². The third-order valence-electron chi connectivity index (χ3n) is 3.11. The average molecular weight is 260 g/mol. The van der Waals surface area contributed by atoms with Crippen molar-refractivity contribution in [2.24, 2.45) is 0 Å². The summed E-state index contributed by atoms with van der Waals surface area (Å²) < 4.78 is 0. The fraction of sp³-hybridized carbons (Fsp3) is 0.385. The van der Waals surface area contributed by atoms with Gasteiger partial charge >= 0.3 is 0 Å². The fourth-order valence-corrected chi connectivity index (χ4v) is 3.10. The molecule has 0 aromatic carbocycles. The van der Waals surface area contributed by atoms with Gasteiger partial charge in [0.1, 0.15) is 5.82 Å². The Morgan fingerprint density at radius 1 is 1.44 bits per heavy atom. The molecule has 2 aromatic rings. The summed E-state index contributed by atoms with van der Waals surface area (Å²) in [5.41, 5.74) is 1.44. The lowest BCUT2D eigenvalue weighted by Gasteiger charge is -2.28. The monoisotopic (exact) mass is 260 g/mol. The molecule has 0 amide bonds. The predicted octanol–water partition coefficient (Wildman–Crippen LogP) is 2.53. The number of nitrogens with one attached hydrogen (secondary N) is 1. The number of hydrogen-bond acceptors (Lipinski definition) is 5. The van der Waals surface area contributed by atoms with Crippen LogP contribution in [0.4, 0.5) is 11.8 Å². The number of fused-ring (bicyclic) bond motifs is 1. The molecular weight excluding hydrogens is 244 g/mol. The molecule has 4 nitrogen and oxygen atoms in total. The molecule has 1 aliphatic rings. The molecule has 0 fully saturated rings. The van der Waals surface area contributed by atoms with E-state index in [4.69, 9.17) is 0 Å². The second-order valence-corrected chi connectivity index (χ2v) is 5.31. The summed E-state index contributed by atoms with van der Waals surface area (Å²) in [4.78, 5) is 12.6. The van der Waals surface area contributed by atoms with Gasteiger partial charge in [-0.25, -0.2) is 4.98 Å². The quantitative estimate of drug-likeness (QED) is 0.920. The molecule has 1 N–H and O–H groups in total. The number of nitrogens with zero attached hydrogens (tertiary/aromatic N) is 3. The minimum atomic E-state index is 0.714. The molecule has 0 saturated heterocycles. The molecule has 0 radical (unpaired) electrons. The van der Waals surface area contributed by atoms with Crippen LogP contribution in [-0.4, -0.2) is 23.1 Å². The Hall–Kier alpha value is -1.62. The van der Waals surface area contributed by atoms with Gasteiger partial charge in [0.2, 0.25) is 5.95 Å². The van der Waals surface area contributed by atoms with Crippen LogP contribution in [0.25, 0.3) is 0 Å². The van der Waals surface area contributed by atoms with Crippen molar-refractivity contribution >= 4 is 23.1 Å². The van der Waals surface area contributed by atoms with Gasteiger partial charge in [0, 0.05) is 30.7 Å². The first-order valence-corrected chi connectivity index (χ1v) is 7.12. The van der Waals surface area contributed by atoms with Gasteiger partial charge in [0.05, 0.1) is 0 Å². The lowest BCUT2D eigenvalue weighted by atomic mass is 10.1. The van der Waals surface area contributed by atoms with Gasteiger partial charge in [-0.3, -0.25) is 0 Å². The van der Waals surface area contributed by atoms with Crippen molar-refractivity contribution in [3.8, 4) is 0 Å². The molecular formula is C13H16N4S. The van der Waals surface area contributed by atoms with Crippen molar-refractivity contribution in [2.45, 2.75) is 19.9 Å². The molecule has 94 valence electrons. The first-order valence-electron chi connectivity index (χ1n) is 6.24. The number of rotatable bonds is 3. The van der Waals surface area contributed by atoms with Crippen molar-refractivity contribution in [2.75, 3.05) is 23.3 Å². The van der Waals surface area contributed by atoms with Crippen LogP contribution in [-0.2, 0) is 13.0 Å². The second kappa shape index (κ2) is 4.94. The highest BCUT2D eigenvalue weighted by Gasteiger charge is 2.18. The minimum absolute atomic E-state index is 0.714. The highest BCUT2D eigenvalue weighted by atomic mass is 32.1. The van der Waals surface area contributed by atoms with Crippen molar-refractivity contribution in [3.05, 3.63) is 34.2 Å². The van der Waals surface area contributed by atoms with E-state index in [1.165, 1.54) is 10.4 Å². The zero-order valence-electron chi connectivity index (χ0n) is 10.4. The normalized spacial score (nSPS) is 14.4. The summed E-state index contributed by atoms with van der Waals surface area (Å²) in [6.07, 6.45) is 2.94. The molecule has 0 spiro atoms. The molecule has 18 heavy (non-hydrogen) atoms. The van der Waals surface area contributed by atoms with Crippen LogP contribution in [0.2, 0.25) is 0 Å². The highest BCUT2D eigenvalue weighted by molar-refractivity contribution is 7.10. The van der Waals surface area contributed by atoms with E-state index in [1.807, 2.05) is 23.6 Å². The van der Waals surface area contributed by atoms with Crippen molar-refractivity contribution in [3.63, 3.8) is 0 Å². The summed E-state index contributed by atoms with van der Waals surface area (Å²) in [6.45, 7) is 4.89. The first kappa shape index (κ1) is 11.5. The van der Waals surface area contributed by atoms with E-state index in [2.05, 4.69) is 38.6 Å².